The summed E-state index contributed by atoms with van der Waals surface area (Å²) < 4.78 is 10.7. The molecule has 0 fully saturated rings. The number of carbonyl (C=O) groups is 2. The maximum Gasteiger partial charge on any atom is 0.343 e. The van der Waals surface area contributed by atoms with Crippen molar-refractivity contribution in [1.29, 1.82) is 0 Å². The van der Waals surface area contributed by atoms with Crippen molar-refractivity contribution in [1.82, 2.24) is 0 Å². The summed E-state index contributed by atoms with van der Waals surface area (Å²) in [5.41, 5.74) is 1.60. The van der Waals surface area contributed by atoms with Crippen LogP contribution in [0.3, 0.4) is 0 Å². The first-order chi connectivity index (χ1) is 17.0. The molecule has 3 rings (SSSR count). The minimum Gasteiger partial charge on any atom is -0.423 e. The van der Waals surface area contributed by atoms with Crippen molar-refractivity contribution in [3.8, 4) is 11.5 Å². The van der Waals surface area contributed by atoms with Gasteiger partial charge < -0.3 is 9.47 Å². The minimum atomic E-state index is -0.656. The smallest absolute Gasteiger partial charge is 0.343 e. The van der Waals surface area contributed by atoms with Gasteiger partial charge in [0.1, 0.15) is 11.5 Å². The Hall–Kier alpha value is -4.00. The highest BCUT2D eigenvalue weighted by Crippen LogP contribution is 2.19. The number of esters is 2. The molecule has 7 heteroatoms. The summed E-state index contributed by atoms with van der Waals surface area (Å²) in [6, 6.07) is 18.7. The van der Waals surface area contributed by atoms with Crippen molar-refractivity contribution in [2.45, 2.75) is 51.9 Å². The molecule has 182 valence electrons. The van der Waals surface area contributed by atoms with Crippen molar-refractivity contribution in [2.24, 2.45) is 0 Å². The molecule has 0 unspecified atom stereocenters. The second kappa shape index (κ2) is 13.0. The number of hydrogen-bond donors (Lipinski definition) is 0. The lowest BCUT2D eigenvalue weighted by atomic mass is 10.0. The molecule has 0 heterocycles. The van der Waals surface area contributed by atoms with Crippen LogP contribution in [0.25, 0.3) is 0 Å². The van der Waals surface area contributed by atoms with Gasteiger partial charge in [-0.15, -0.1) is 0 Å². The Kier molecular flexibility index (Phi) is 9.54. The van der Waals surface area contributed by atoms with Crippen LogP contribution in [0.5, 0.6) is 11.5 Å². The molecule has 3 aromatic rings. The first-order valence-electron chi connectivity index (χ1n) is 11.8. The van der Waals surface area contributed by atoms with Crippen molar-refractivity contribution < 1.29 is 24.0 Å². The predicted molar refractivity (Wildman–Crippen MR) is 133 cm³/mol. The minimum absolute atomic E-state index is 0.114. The highest BCUT2D eigenvalue weighted by Gasteiger charge is 2.13. The number of rotatable bonds is 12. The van der Waals surface area contributed by atoms with E-state index in [2.05, 4.69) is 6.92 Å². The zero-order valence-corrected chi connectivity index (χ0v) is 19.8. The third-order valence-corrected chi connectivity index (χ3v) is 5.57. The molecule has 0 aromatic heterocycles. The highest BCUT2D eigenvalue weighted by molar-refractivity contribution is 5.92. The molecule has 0 spiro atoms. The number of carbonyl (C=O) groups excluding carboxylic acids is 2. The largest absolute Gasteiger partial charge is 0.423 e. The Balaban J connectivity index is 1.48. The molecule has 0 bridgehead atoms. The van der Waals surface area contributed by atoms with E-state index in [1.54, 1.807) is 12.1 Å². The number of ether oxygens (including phenoxy) is 2. The second-order valence-electron chi connectivity index (χ2n) is 8.27. The van der Waals surface area contributed by atoms with E-state index in [-0.39, 0.29) is 17.0 Å². The van der Waals surface area contributed by atoms with Gasteiger partial charge in [-0.3, -0.25) is 10.1 Å². The fourth-order valence-corrected chi connectivity index (χ4v) is 3.54. The van der Waals surface area contributed by atoms with Crippen LogP contribution >= 0.6 is 0 Å². The quantitative estimate of drug-likeness (QED) is 0.0926. The molecule has 7 nitrogen and oxygen atoms in total. The van der Waals surface area contributed by atoms with Gasteiger partial charge in [0.15, 0.2) is 0 Å². The topological polar surface area (TPSA) is 95.7 Å². The summed E-state index contributed by atoms with van der Waals surface area (Å²) in [6.07, 6.45) is 8.53. The number of nitro groups is 1. The van der Waals surface area contributed by atoms with E-state index in [0.29, 0.717) is 11.3 Å². The lowest BCUT2D eigenvalue weighted by Crippen LogP contribution is -2.10. The monoisotopic (exact) mass is 475 g/mol. The molecule has 0 aliphatic rings. The molecule has 0 atom stereocenters. The van der Waals surface area contributed by atoms with E-state index in [1.165, 1.54) is 86.2 Å². The Labute approximate surface area is 204 Å². The van der Waals surface area contributed by atoms with E-state index >= 15 is 0 Å². The van der Waals surface area contributed by atoms with Gasteiger partial charge in [-0.25, -0.2) is 9.59 Å². The van der Waals surface area contributed by atoms with E-state index in [1.807, 2.05) is 12.1 Å². The molecule has 0 saturated carbocycles. The zero-order valence-electron chi connectivity index (χ0n) is 19.8. The average molecular weight is 476 g/mol. The van der Waals surface area contributed by atoms with Gasteiger partial charge in [-0.1, -0.05) is 51.2 Å². The number of hydrogen-bond acceptors (Lipinski definition) is 6. The first kappa shape index (κ1) is 25.6. The number of nitro benzene ring substituents is 1. The molecule has 35 heavy (non-hydrogen) atoms. The summed E-state index contributed by atoms with van der Waals surface area (Å²) in [5.74, 6) is -0.461. The summed E-state index contributed by atoms with van der Waals surface area (Å²) in [4.78, 5) is 34.9. The van der Waals surface area contributed by atoms with Crippen LogP contribution in [0.15, 0.2) is 72.8 Å². The lowest BCUT2D eigenvalue weighted by Gasteiger charge is -2.07. The number of unbranched alkanes of at least 4 members (excludes halogenated alkanes) is 5. The predicted octanol–water partition coefficient (Wildman–Crippen LogP) is 6.94. The van der Waals surface area contributed by atoms with Gasteiger partial charge in [-0.2, -0.15) is 0 Å². The number of aryl methyl sites for hydroxylation is 1. The standard InChI is InChI=1S/C28H29NO6/c1-2-3-4-5-6-7-8-21-9-17-25(18-10-21)34-28(31)23-13-19-26(20-14-23)35-27(30)22-11-15-24(16-12-22)29(32)33/h9-20H,2-8H2,1H3. The average Bonchev–Trinajstić information content (AvgIpc) is 2.87. The molecular weight excluding hydrogens is 446 g/mol. The molecule has 0 saturated heterocycles. The molecule has 0 amide bonds. The van der Waals surface area contributed by atoms with Crippen molar-refractivity contribution >= 4 is 17.6 Å². The number of nitrogens with zero attached hydrogens (tertiary/aromatic N) is 1. The second-order valence-corrected chi connectivity index (χ2v) is 8.27. The van der Waals surface area contributed by atoms with Crippen LogP contribution in [0.1, 0.15) is 71.7 Å². The molecule has 3 aromatic carbocycles. The van der Waals surface area contributed by atoms with Crippen LogP contribution < -0.4 is 9.47 Å². The van der Waals surface area contributed by atoms with Crippen LogP contribution in [-0.4, -0.2) is 16.9 Å². The van der Waals surface area contributed by atoms with Crippen molar-refractivity contribution in [3.63, 3.8) is 0 Å². The zero-order chi connectivity index (χ0) is 25.0. The number of benzene rings is 3. The van der Waals surface area contributed by atoms with Gasteiger partial charge >= 0.3 is 11.9 Å². The van der Waals surface area contributed by atoms with E-state index in [4.69, 9.17) is 9.47 Å². The Bertz CT molecular complexity index is 1120. The summed E-state index contributed by atoms with van der Waals surface area (Å²) in [6.45, 7) is 2.22. The fourth-order valence-electron chi connectivity index (χ4n) is 3.54. The van der Waals surface area contributed by atoms with E-state index in [0.717, 1.165) is 12.8 Å². The summed E-state index contributed by atoms with van der Waals surface area (Å²) in [5, 5.41) is 10.7. The third-order valence-electron chi connectivity index (χ3n) is 5.57. The van der Waals surface area contributed by atoms with Crippen molar-refractivity contribution in [2.75, 3.05) is 0 Å². The van der Waals surface area contributed by atoms with E-state index < -0.39 is 16.9 Å². The molecular formula is C28H29NO6. The summed E-state index contributed by atoms with van der Waals surface area (Å²) >= 11 is 0. The number of non-ortho nitro benzene ring substituents is 1. The molecule has 0 N–H and O–H groups in total. The normalized spacial score (nSPS) is 10.5. The molecule has 0 radical (unpaired) electrons. The maximum atomic E-state index is 12.5. The van der Waals surface area contributed by atoms with Crippen LogP contribution in [0.2, 0.25) is 0 Å². The third kappa shape index (κ3) is 8.07. The highest BCUT2D eigenvalue weighted by atomic mass is 16.6. The Morgan fingerprint density at radius 1 is 0.686 bits per heavy atom. The first-order valence-corrected chi connectivity index (χ1v) is 11.8. The van der Waals surface area contributed by atoms with Crippen LogP contribution in [-0.2, 0) is 6.42 Å². The van der Waals surface area contributed by atoms with Gasteiger partial charge in [0.25, 0.3) is 5.69 Å². The van der Waals surface area contributed by atoms with Gasteiger partial charge in [0, 0.05) is 12.1 Å². The maximum absolute atomic E-state index is 12.5. The van der Waals surface area contributed by atoms with Crippen LogP contribution in [0.4, 0.5) is 5.69 Å². The van der Waals surface area contributed by atoms with Crippen LogP contribution in [0, 0.1) is 10.1 Å². The van der Waals surface area contributed by atoms with Crippen molar-refractivity contribution in [3.05, 3.63) is 99.6 Å². The SMILES string of the molecule is CCCCCCCCc1ccc(OC(=O)c2ccc(OC(=O)c3ccc([N+](=O)[O-])cc3)cc2)cc1. The van der Waals surface area contributed by atoms with Gasteiger partial charge in [-0.05, 0) is 66.9 Å². The lowest BCUT2D eigenvalue weighted by molar-refractivity contribution is -0.384. The molecule has 0 aliphatic heterocycles. The van der Waals surface area contributed by atoms with Gasteiger partial charge in [0.2, 0.25) is 0 Å². The van der Waals surface area contributed by atoms with Gasteiger partial charge in [0.05, 0.1) is 16.1 Å². The Morgan fingerprint density at radius 2 is 1.14 bits per heavy atom. The fraction of sp³-hybridized carbons (Fsp3) is 0.286. The van der Waals surface area contributed by atoms with E-state index in [9.17, 15) is 19.7 Å². The Morgan fingerprint density at radius 3 is 1.66 bits per heavy atom. The molecule has 0 aliphatic carbocycles. The summed E-state index contributed by atoms with van der Waals surface area (Å²) in [7, 11) is 0.